The van der Waals surface area contributed by atoms with E-state index in [0.717, 1.165) is 5.56 Å². The molecule has 20 heavy (non-hydrogen) atoms. The van der Waals surface area contributed by atoms with Crippen LogP contribution in [0.4, 0.5) is 10.5 Å². The molecule has 0 aliphatic carbocycles. The number of nitrogens with one attached hydrogen (secondary N) is 2. The van der Waals surface area contributed by atoms with Crippen LogP contribution in [-0.2, 0) is 4.74 Å². The van der Waals surface area contributed by atoms with Gasteiger partial charge in [-0.05, 0) is 30.5 Å². The number of benzene rings is 1. The van der Waals surface area contributed by atoms with Crippen molar-refractivity contribution in [1.82, 2.24) is 5.32 Å². The summed E-state index contributed by atoms with van der Waals surface area (Å²) in [6.45, 7) is 7.14. The van der Waals surface area contributed by atoms with Crippen LogP contribution < -0.4 is 16.4 Å². The standard InChI is InChI=1S/C15H25N3O2/c1-10(2)14(9-20-4)17-11(3)12-5-7-13(8-6-12)18-15(16)19/h5-8,10-11,14,17H,9H2,1-4H3,(H3,16,18,19). The molecule has 0 aliphatic heterocycles. The van der Waals surface area contributed by atoms with Crippen LogP contribution in [0.5, 0.6) is 0 Å². The number of methoxy groups -OCH3 is 1. The van der Waals surface area contributed by atoms with Gasteiger partial charge in [-0.3, -0.25) is 0 Å². The molecule has 0 saturated heterocycles. The highest BCUT2D eigenvalue weighted by Crippen LogP contribution is 2.18. The maximum Gasteiger partial charge on any atom is 0.316 e. The molecule has 112 valence electrons. The lowest BCUT2D eigenvalue weighted by molar-refractivity contribution is 0.141. The van der Waals surface area contributed by atoms with E-state index >= 15 is 0 Å². The van der Waals surface area contributed by atoms with Crippen molar-refractivity contribution in [2.45, 2.75) is 32.9 Å². The van der Waals surface area contributed by atoms with E-state index in [4.69, 9.17) is 10.5 Å². The molecule has 0 radical (unpaired) electrons. The fourth-order valence-electron chi connectivity index (χ4n) is 2.03. The zero-order valence-corrected chi connectivity index (χ0v) is 12.6. The summed E-state index contributed by atoms with van der Waals surface area (Å²) in [5.74, 6) is 0.494. The lowest BCUT2D eigenvalue weighted by atomic mass is 10.0. The van der Waals surface area contributed by atoms with Crippen LogP contribution in [-0.4, -0.2) is 25.8 Å². The Balaban J connectivity index is 2.66. The molecule has 2 amide bonds. The van der Waals surface area contributed by atoms with Crippen molar-refractivity contribution in [1.29, 1.82) is 0 Å². The second-order valence-electron chi connectivity index (χ2n) is 5.31. The van der Waals surface area contributed by atoms with Gasteiger partial charge in [0.25, 0.3) is 0 Å². The minimum Gasteiger partial charge on any atom is -0.383 e. The number of anilines is 1. The van der Waals surface area contributed by atoms with Crippen LogP contribution in [0.3, 0.4) is 0 Å². The molecule has 2 atom stereocenters. The molecule has 5 nitrogen and oxygen atoms in total. The molecule has 0 aromatic heterocycles. The zero-order chi connectivity index (χ0) is 15.1. The molecule has 1 aromatic carbocycles. The Morgan fingerprint density at radius 3 is 2.30 bits per heavy atom. The first-order valence-corrected chi connectivity index (χ1v) is 6.85. The number of rotatable bonds is 7. The van der Waals surface area contributed by atoms with Gasteiger partial charge in [0.05, 0.1) is 6.61 Å². The fraction of sp³-hybridized carbons (Fsp3) is 0.533. The fourth-order valence-corrected chi connectivity index (χ4v) is 2.03. The molecule has 0 saturated carbocycles. The van der Waals surface area contributed by atoms with E-state index in [-0.39, 0.29) is 6.04 Å². The zero-order valence-electron chi connectivity index (χ0n) is 12.6. The number of carbonyl (C=O) groups excluding carboxylic acids is 1. The normalized spacial score (nSPS) is 14.1. The van der Waals surface area contributed by atoms with Crippen molar-refractivity contribution >= 4 is 11.7 Å². The maximum atomic E-state index is 10.8. The lowest BCUT2D eigenvalue weighted by Gasteiger charge is -2.26. The van der Waals surface area contributed by atoms with Crippen LogP contribution in [0.25, 0.3) is 0 Å². The number of ether oxygens (including phenoxy) is 1. The van der Waals surface area contributed by atoms with Gasteiger partial charge in [-0.25, -0.2) is 4.79 Å². The van der Waals surface area contributed by atoms with Gasteiger partial charge >= 0.3 is 6.03 Å². The molecule has 0 fully saturated rings. The predicted molar refractivity (Wildman–Crippen MR) is 81.7 cm³/mol. The second kappa shape index (κ2) is 7.87. The second-order valence-corrected chi connectivity index (χ2v) is 5.31. The molecule has 4 N–H and O–H groups in total. The molecule has 1 aromatic rings. The molecule has 0 heterocycles. The van der Waals surface area contributed by atoms with Crippen LogP contribution >= 0.6 is 0 Å². The van der Waals surface area contributed by atoms with Gasteiger partial charge in [-0.2, -0.15) is 0 Å². The first kappa shape index (κ1) is 16.5. The number of nitrogens with two attached hydrogens (primary N) is 1. The summed E-state index contributed by atoms with van der Waals surface area (Å²) < 4.78 is 5.24. The summed E-state index contributed by atoms with van der Waals surface area (Å²) in [7, 11) is 1.71. The summed E-state index contributed by atoms with van der Waals surface area (Å²) in [6.07, 6.45) is 0. The number of urea groups is 1. The molecule has 0 spiro atoms. The Kier molecular flexibility index (Phi) is 6.48. The average Bonchev–Trinajstić information content (AvgIpc) is 2.38. The first-order valence-electron chi connectivity index (χ1n) is 6.85. The van der Waals surface area contributed by atoms with Gasteiger partial charge in [0, 0.05) is 24.9 Å². The van der Waals surface area contributed by atoms with Crippen LogP contribution in [0.15, 0.2) is 24.3 Å². The Labute approximate surface area is 120 Å². The Morgan fingerprint density at radius 1 is 1.25 bits per heavy atom. The van der Waals surface area contributed by atoms with Crippen LogP contribution in [0, 0.1) is 5.92 Å². The van der Waals surface area contributed by atoms with E-state index in [1.54, 1.807) is 7.11 Å². The van der Waals surface area contributed by atoms with E-state index < -0.39 is 6.03 Å². The largest absolute Gasteiger partial charge is 0.383 e. The van der Waals surface area contributed by atoms with Crippen LogP contribution in [0.2, 0.25) is 0 Å². The smallest absolute Gasteiger partial charge is 0.316 e. The van der Waals surface area contributed by atoms with Gasteiger partial charge in [-0.15, -0.1) is 0 Å². The lowest BCUT2D eigenvalue weighted by Crippen LogP contribution is -2.39. The van der Waals surface area contributed by atoms with E-state index in [1.807, 2.05) is 24.3 Å². The third-order valence-electron chi connectivity index (χ3n) is 3.29. The highest BCUT2D eigenvalue weighted by atomic mass is 16.5. The number of carbonyl (C=O) groups is 1. The van der Waals surface area contributed by atoms with Crippen molar-refractivity contribution in [3.05, 3.63) is 29.8 Å². The van der Waals surface area contributed by atoms with Crippen molar-refractivity contribution in [2.24, 2.45) is 11.7 Å². The molecular formula is C15H25N3O2. The highest BCUT2D eigenvalue weighted by Gasteiger charge is 2.16. The average molecular weight is 279 g/mol. The Bertz CT molecular complexity index is 418. The monoisotopic (exact) mass is 279 g/mol. The minimum absolute atomic E-state index is 0.208. The maximum absolute atomic E-state index is 10.8. The van der Waals surface area contributed by atoms with Crippen molar-refractivity contribution in [3.8, 4) is 0 Å². The summed E-state index contributed by atoms with van der Waals surface area (Å²) in [6, 6.07) is 7.61. The van der Waals surface area contributed by atoms with E-state index in [0.29, 0.717) is 24.3 Å². The van der Waals surface area contributed by atoms with Crippen LogP contribution in [0.1, 0.15) is 32.4 Å². The van der Waals surface area contributed by atoms with Crippen molar-refractivity contribution < 1.29 is 9.53 Å². The summed E-state index contributed by atoms with van der Waals surface area (Å²) in [5.41, 5.74) is 6.93. The minimum atomic E-state index is -0.552. The summed E-state index contributed by atoms with van der Waals surface area (Å²) in [5, 5.41) is 6.11. The van der Waals surface area contributed by atoms with Gasteiger partial charge in [0.1, 0.15) is 0 Å². The quantitative estimate of drug-likeness (QED) is 0.717. The van der Waals surface area contributed by atoms with Crippen molar-refractivity contribution in [3.63, 3.8) is 0 Å². The third-order valence-corrected chi connectivity index (χ3v) is 3.29. The molecule has 1 rings (SSSR count). The SMILES string of the molecule is COCC(NC(C)c1ccc(NC(N)=O)cc1)C(C)C. The molecule has 5 heteroatoms. The number of hydrogen-bond donors (Lipinski definition) is 3. The summed E-state index contributed by atoms with van der Waals surface area (Å²) >= 11 is 0. The molecule has 0 bridgehead atoms. The third kappa shape index (κ3) is 5.19. The first-order chi connectivity index (χ1) is 9.43. The predicted octanol–water partition coefficient (Wildman–Crippen LogP) is 2.50. The number of hydrogen-bond acceptors (Lipinski definition) is 3. The Morgan fingerprint density at radius 2 is 1.85 bits per heavy atom. The van der Waals surface area contributed by atoms with E-state index in [9.17, 15) is 4.79 Å². The van der Waals surface area contributed by atoms with Crippen molar-refractivity contribution in [2.75, 3.05) is 19.0 Å². The van der Waals surface area contributed by atoms with Gasteiger partial charge < -0.3 is 21.1 Å². The van der Waals surface area contributed by atoms with E-state index in [1.165, 1.54) is 0 Å². The summed E-state index contributed by atoms with van der Waals surface area (Å²) in [4.78, 5) is 10.8. The molecule has 2 unspecified atom stereocenters. The van der Waals surface area contributed by atoms with Gasteiger partial charge in [-0.1, -0.05) is 26.0 Å². The molecule has 0 aliphatic rings. The Hall–Kier alpha value is -1.59. The number of primary amides is 1. The highest BCUT2D eigenvalue weighted by molar-refractivity contribution is 5.87. The van der Waals surface area contributed by atoms with Gasteiger partial charge in [0.15, 0.2) is 0 Å². The van der Waals surface area contributed by atoms with Gasteiger partial charge in [0.2, 0.25) is 0 Å². The molecular weight excluding hydrogens is 254 g/mol. The van der Waals surface area contributed by atoms with E-state index in [2.05, 4.69) is 31.4 Å². The topological polar surface area (TPSA) is 76.4 Å². The number of amides is 2.